The molecule has 5 nitrogen and oxygen atoms in total. The first kappa shape index (κ1) is 12.8. The van der Waals surface area contributed by atoms with Crippen LogP contribution in [0.1, 0.15) is 11.4 Å². The molecule has 1 fully saturated rings. The topological polar surface area (TPSA) is 63.2 Å². The van der Waals surface area contributed by atoms with Crippen molar-refractivity contribution in [1.82, 2.24) is 9.97 Å². The van der Waals surface area contributed by atoms with E-state index in [1.165, 1.54) is 6.26 Å². The lowest BCUT2D eigenvalue weighted by molar-refractivity contribution is 0.544. The van der Waals surface area contributed by atoms with E-state index < -0.39 is 9.84 Å². The van der Waals surface area contributed by atoms with Gasteiger partial charge in [0.25, 0.3) is 0 Å². The fourth-order valence-electron chi connectivity index (χ4n) is 2.28. The molecule has 0 aromatic carbocycles. The highest BCUT2D eigenvalue weighted by Gasteiger charge is 2.36. The molecule has 19 heavy (non-hydrogen) atoms. The molecule has 0 bridgehead atoms. The van der Waals surface area contributed by atoms with Crippen LogP contribution in [-0.2, 0) is 9.84 Å². The molecular weight excluding hydrogens is 282 g/mol. The maximum absolute atomic E-state index is 11.5. The van der Waals surface area contributed by atoms with Gasteiger partial charge in [0.15, 0.2) is 9.84 Å². The molecule has 0 radical (unpaired) electrons. The first-order valence-electron chi connectivity index (χ1n) is 6.02. The zero-order valence-electron chi connectivity index (χ0n) is 11.0. The van der Waals surface area contributed by atoms with Gasteiger partial charge in [0.2, 0.25) is 0 Å². The van der Waals surface area contributed by atoms with Crippen LogP contribution >= 0.6 is 11.3 Å². The number of hydrogen-bond acceptors (Lipinski definition) is 6. The number of aryl methyl sites for hydroxylation is 2. The number of nitrogens with zero attached hydrogens (tertiary/aromatic N) is 3. The molecule has 2 aromatic heterocycles. The van der Waals surface area contributed by atoms with Crippen molar-refractivity contribution < 1.29 is 8.42 Å². The van der Waals surface area contributed by atoms with Crippen LogP contribution in [0.3, 0.4) is 0 Å². The predicted molar refractivity (Wildman–Crippen MR) is 77.7 cm³/mol. The Kier molecular flexibility index (Phi) is 2.79. The smallest absolute Gasteiger partial charge is 0.153 e. The van der Waals surface area contributed by atoms with E-state index in [0.29, 0.717) is 13.1 Å². The van der Waals surface area contributed by atoms with Crippen LogP contribution in [-0.4, -0.2) is 43.0 Å². The van der Waals surface area contributed by atoms with E-state index in [1.54, 1.807) is 11.3 Å². The van der Waals surface area contributed by atoms with Crippen molar-refractivity contribution in [2.75, 3.05) is 24.2 Å². The summed E-state index contributed by atoms with van der Waals surface area (Å²) in [5, 5.41) is 2.86. The second kappa shape index (κ2) is 4.14. The fourth-order valence-corrected chi connectivity index (χ4v) is 4.14. The number of fused-ring (bicyclic) bond motifs is 1. The number of rotatable bonds is 2. The largest absolute Gasteiger partial charge is 0.353 e. The quantitative estimate of drug-likeness (QED) is 0.841. The zero-order chi connectivity index (χ0) is 13.8. The first-order chi connectivity index (χ1) is 8.86. The first-order valence-corrected chi connectivity index (χ1v) is 8.86. The molecule has 0 aliphatic carbocycles. The number of anilines is 1. The molecule has 3 heterocycles. The van der Waals surface area contributed by atoms with Crippen molar-refractivity contribution in [3.63, 3.8) is 0 Å². The molecule has 7 heteroatoms. The molecule has 1 saturated heterocycles. The summed E-state index contributed by atoms with van der Waals surface area (Å²) in [6, 6.07) is 0. The van der Waals surface area contributed by atoms with E-state index in [2.05, 4.69) is 15.3 Å². The molecule has 2 aromatic rings. The van der Waals surface area contributed by atoms with Gasteiger partial charge in [0, 0.05) is 19.3 Å². The Labute approximate surface area is 116 Å². The normalized spacial score (nSPS) is 16.9. The number of aromatic nitrogens is 2. The van der Waals surface area contributed by atoms with Crippen LogP contribution < -0.4 is 4.90 Å². The molecule has 0 unspecified atom stereocenters. The van der Waals surface area contributed by atoms with Gasteiger partial charge in [0.1, 0.15) is 16.5 Å². The van der Waals surface area contributed by atoms with Crippen LogP contribution in [0.2, 0.25) is 0 Å². The van der Waals surface area contributed by atoms with E-state index in [4.69, 9.17) is 0 Å². The molecule has 0 spiro atoms. The van der Waals surface area contributed by atoms with Crippen LogP contribution in [0.15, 0.2) is 5.38 Å². The summed E-state index contributed by atoms with van der Waals surface area (Å²) in [7, 11) is -2.95. The van der Waals surface area contributed by atoms with Crippen molar-refractivity contribution in [3.05, 3.63) is 16.8 Å². The van der Waals surface area contributed by atoms with Crippen LogP contribution in [0.25, 0.3) is 10.2 Å². The highest BCUT2D eigenvalue weighted by Crippen LogP contribution is 2.34. The molecule has 3 rings (SSSR count). The third-order valence-corrected chi connectivity index (χ3v) is 5.96. The molecule has 1 aliphatic rings. The standard InChI is InChI=1S/C12H15N3O2S2/c1-7-6-18-12-10(7)11(13-8(2)14-12)15-4-9(5-15)19(3,16)17/h6,9H,4-5H2,1-3H3. The maximum atomic E-state index is 11.5. The number of thiophene rings is 1. The van der Waals surface area contributed by atoms with E-state index in [9.17, 15) is 8.42 Å². The monoisotopic (exact) mass is 297 g/mol. The minimum absolute atomic E-state index is 0.267. The summed E-state index contributed by atoms with van der Waals surface area (Å²) in [6.07, 6.45) is 1.30. The van der Waals surface area contributed by atoms with E-state index >= 15 is 0 Å². The van der Waals surface area contributed by atoms with Crippen LogP contribution in [0, 0.1) is 13.8 Å². The van der Waals surface area contributed by atoms with E-state index in [0.717, 1.165) is 27.4 Å². The van der Waals surface area contributed by atoms with Gasteiger partial charge in [-0.3, -0.25) is 0 Å². The fraction of sp³-hybridized carbons (Fsp3) is 0.500. The second-order valence-electron chi connectivity index (χ2n) is 5.05. The van der Waals surface area contributed by atoms with Crippen LogP contribution in [0.4, 0.5) is 5.82 Å². The second-order valence-corrected chi connectivity index (χ2v) is 8.23. The third-order valence-electron chi connectivity index (χ3n) is 3.46. The van der Waals surface area contributed by atoms with E-state index in [-0.39, 0.29) is 5.25 Å². The molecular formula is C12H15N3O2S2. The summed E-state index contributed by atoms with van der Waals surface area (Å²) in [5.41, 5.74) is 1.15. The van der Waals surface area contributed by atoms with Gasteiger partial charge in [-0.15, -0.1) is 11.3 Å². The molecule has 0 amide bonds. The Morgan fingerprint density at radius 3 is 2.63 bits per heavy atom. The van der Waals surface area contributed by atoms with Crippen molar-refractivity contribution in [1.29, 1.82) is 0 Å². The third kappa shape index (κ3) is 2.10. The zero-order valence-corrected chi connectivity index (χ0v) is 12.7. The van der Waals surface area contributed by atoms with Gasteiger partial charge in [-0.25, -0.2) is 18.4 Å². The van der Waals surface area contributed by atoms with Crippen molar-refractivity contribution >= 4 is 37.2 Å². The highest BCUT2D eigenvalue weighted by atomic mass is 32.2. The summed E-state index contributed by atoms with van der Waals surface area (Å²) in [5.74, 6) is 1.60. The number of hydrogen-bond donors (Lipinski definition) is 0. The Morgan fingerprint density at radius 2 is 2.00 bits per heavy atom. The highest BCUT2D eigenvalue weighted by molar-refractivity contribution is 7.91. The average Bonchev–Trinajstić information content (AvgIpc) is 2.55. The maximum Gasteiger partial charge on any atom is 0.153 e. The Morgan fingerprint density at radius 1 is 1.32 bits per heavy atom. The summed E-state index contributed by atoms with van der Waals surface area (Å²) in [4.78, 5) is 11.9. The average molecular weight is 297 g/mol. The number of sulfone groups is 1. The van der Waals surface area contributed by atoms with Crippen molar-refractivity contribution in [3.8, 4) is 0 Å². The van der Waals surface area contributed by atoms with Gasteiger partial charge in [-0.2, -0.15) is 0 Å². The van der Waals surface area contributed by atoms with Gasteiger partial charge in [0.05, 0.1) is 10.6 Å². The molecule has 102 valence electrons. The van der Waals surface area contributed by atoms with Crippen molar-refractivity contribution in [2.24, 2.45) is 0 Å². The molecule has 0 saturated carbocycles. The SMILES string of the molecule is Cc1nc(N2CC(S(C)(=O)=O)C2)c2c(C)csc2n1. The van der Waals surface area contributed by atoms with Gasteiger partial charge >= 0.3 is 0 Å². The minimum atomic E-state index is -2.95. The lowest BCUT2D eigenvalue weighted by Crippen LogP contribution is -2.55. The minimum Gasteiger partial charge on any atom is -0.353 e. The Bertz CT molecular complexity index is 746. The van der Waals surface area contributed by atoms with Crippen LogP contribution in [0.5, 0.6) is 0 Å². The lowest BCUT2D eigenvalue weighted by atomic mass is 10.1. The molecule has 0 N–H and O–H groups in total. The summed E-state index contributed by atoms with van der Waals surface area (Å²) >= 11 is 1.60. The summed E-state index contributed by atoms with van der Waals surface area (Å²) < 4.78 is 23.0. The van der Waals surface area contributed by atoms with Gasteiger partial charge < -0.3 is 4.90 Å². The van der Waals surface area contributed by atoms with Gasteiger partial charge in [-0.05, 0) is 24.8 Å². The predicted octanol–water partition coefficient (Wildman–Crippen LogP) is 1.54. The van der Waals surface area contributed by atoms with Crippen molar-refractivity contribution in [2.45, 2.75) is 19.1 Å². The summed E-state index contributed by atoms with van der Waals surface area (Å²) in [6.45, 7) is 4.96. The Hall–Kier alpha value is -1.21. The Balaban J connectivity index is 2.01. The molecule has 0 atom stereocenters. The van der Waals surface area contributed by atoms with E-state index in [1.807, 2.05) is 18.7 Å². The lowest BCUT2D eigenvalue weighted by Gasteiger charge is -2.39. The van der Waals surface area contributed by atoms with Gasteiger partial charge in [-0.1, -0.05) is 0 Å². The molecule has 1 aliphatic heterocycles.